The summed E-state index contributed by atoms with van der Waals surface area (Å²) in [5.41, 5.74) is 1.58. The third kappa shape index (κ3) is 3.20. The number of benzene rings is 1. The molecule has 1 heteroatoms. The van der Waals surface area contributed by atoms with E-state index in [4.69, 9.17) is 0 Å². The van der Waals surface area contributed by atoms with Crippen LogP contribution in [0.15, 0.2) is 30.3 Å². The highest BCUT2D eigenvalue weighted by molar-refractivity contribution is 5.26. The Labute approximate surface area is 117 Å². The highest BCUT2D eigenvalue weighted by atomic mass is 14.9. The Kier molecular flexibility index (Phi) is 4.22. The zero-order chi connectivity index (χ0) is 13.1. The van der Waals surface area contributed by atoms with Crippen LogP contribution in [0.5, 0.6) is 0 Å². The van der Waals surface area contributed by atoms with Gasteiger partial charge in [0.25, 0.3) is 0 Å². The molecule has 1 aromatic rings. The molecule has 0 bridgehead atoms. The van der Waals surface area contributed by atoms with E-state index in [-0.39, 0.29) is 0 Å². The Hall–Kier alpha value is -0.820. The molecule has 0 aliphatic heterocycles. The molecular weight excluding hydrogens is 230 g/mol. The van der Waals surface area contributed by atoms with Crippen molar-refractivity contribution in [2.24, 2.45) is 11.8 Å². The van der Waals surface area contributed by atoms with Crippen LogP contribution in [0.25, 0.3) is 0 Å². The van der Waals surface area contributed by atoms with E-state index in [2.05, 4.69) is 42.6 Å². The molecule has 0 spiro atoms. The summed E-state index contributed by atoms with van der Waals surface area (Å²) in [5.74, 6) is 2.83. The van der Waals surface area contributed by atoms with E-state index in [0.717, 1.165) is 23.8 Å². The van der Waals surface area contributed by atoms with Gasteiger partial charge >= 0.3 is 0 Å². The van der Waals surface area contributed by atoms with Gasteiger partial charge in [0, 0.05) is 6.04 Å². The average Bonchev–Trinajstić information content (AvgIpc) is 3.27. The van der Waals surface area contributed by atoms with E-state index in [1.807, 2.05) is 0 Å². The Balaban J connectivity index is 1.53. The fourth-order valence-electron chi connectivity index (χ4n) is 3.97. The quantitative estimate of drug-likeness (QED) is 0.827. The lowest BCUT2D eigenvalue weighted by Gasteiger charge is -2.30. The van der Waals surface area contributed by atoms with Crippen molar-refractivity contribution in [1.82, 2.24) is 5.32 Å². The Bertz CT molecular complexity index is 386. The van der Waals surface area contributed by atoms with E-state index in [0.29, 0.717) is 0 Å². The van der Waals surface area contributed by atoms with Gasteiger partial charge in [0.2, 0.25) is 0 Å². The van der Waals surface area contributed by atoms with E-state index in [9.17, 15) is 0 Å². The second kappa shape index (κ2) is 6.09. The molecule has 1 nitrogen and oxygen atoms in total. The van der Waals surface area contributed by atoms with Gasteiger partial charge in [-0.1, -0.05) is 50.1 Å². The van der Waals surface area contributed by atoms with Gasteiger partial charge in [-0.25, -0.2) is 0 Å². The van der Waals surface area contributed by atoms with Crippen LogP contribution >= 0.6 is 0 Å². The normalized spacial score (nSPS) is 34.2. The SMILES string of the molecule is CCCNC1CCCC(C2CC2c2ccccc2)C1. The van der Waals surface area contributed by atoms with E-state index >= 15 is 0 Å². The molecule has 1 aromatic carbocycles. The molecule has 2 aliphatic rings. The first-order chi connectivity index (χ1) is 9.38. The molecule has 0 radical (unpaired) electrons. The molecule has 0 heterocycles. The summed E-state index contributed by atoms with van der Waals surface area (Å²) in [6.07, 6.45) is 8.43. The van der Waals surface area contributed by atoms with E-state index in [1.54, 1.807) is 5.56 Å². The molecule has 4 atom stereocenters. The van der Waals surface area contributed by atoms with Gasteiger partial charge in [0.15, 0.2) is 0 Å². The maximum Gasteiger partial charge on any atom is 0.00698 e. The second-order valence-electron chi connectivity index (χ2n) is 6.49. The summed E-state index contributed by atoms with van der Waals surface area (Å²) < 4.78 is 0. The highest BCUT2D eigenvalue weighted by Crippen LogP contribution is 2.55. The molecular formula is C18H27N. The highest BCUT2D eigenvalue weighted by Gasteiger charge is 2.44. The monoisotopic (exact) mass is 257 g/mol. The second-order valence-corrected chi connectivity index (χ2v) is 6.49. The molecule has 4 unspecified atom stereocenters. The van der Waals surface area contributed by atoms with Gasteiger partial charge in [-0.15, -0.1) is 0 Å². The van der Waals surface area contributed by atoms with Crippen LogP contribution in [0.2, 0.25) is 0 Å². The minimum atomic E-state index is 0.802. The summed E-state index contributed by atoms with van der Waals surface area (Å²) in [6.45, 7) is 3.46. The maximum atomic E-state index is 3.74. The molecule has 3 rings (SSSR count). The van der Waals surface area contributed by atoms with Crippen molar-refractivity contribution in [2.45, 2.75) is 57.4 Å². The first kappa shape index (κ1) is 13.2. The maximum absolute atomic E-state index is 3.74. The predicted molar refractivity (Wildman–Crippen MR) is 81.3 cm³/mol. The van der Waals surface area contributed by atoms with Crippen molar-refractivity contribution in [3.05, 3.63) is 35.9 Å². The summed E-state index contributed by atoms with van der Waals surface area (Å²) >= 11 is 0. The fraction of sp³-hybridized carbons (Fsp3) is 0.667. The Morgan fingerprint density at radius 3 is 2.74 bits per heavy atom. The zero-order valence-corrected chi connectivity index (χ0v) is 12.1. The minimum Gasteiger partial charge on any atom is -0.314 e. The van der Waals surface area contributed by atoms with Crippen molar-refractivity contribution in [3.8, 4) is 0 Å². The molecule has 0 amide bonds. The third-order valence-corrected chi connectivity index (χ3v) is 5.07. The largest absolute Gasteiger partial charge is 0.314 e. The van der Waals surface area contributed by atoms with Crippen molar-refractivity contribution in [1.29, 1.82) is 0 Å². The number of rotatable bonds is 5. The van der Waals surface area contributed by atoms with Crippen molar-refractivity contribution in [3.63, 3.8) is 0 Å². The molecule has 2 fully saturated rings. The van der Waals surface area contributed by atoms with Crippen LogP contribution in [0, 0.1) is 11.8 Å². The van der Waals surface area contributed by atoms with Crippen molar-refractivity contribution >= 4 is 0 Å². The van der Waals surface area contributed by atoms with Gasteiger partial charge in [-0.05, 0) is 55.5 Å². The molecule has 104 valence electrons. The summed E-state index contributed by atoms with van der Waals surface area (Å²) in [4.78, 5) is 0. The fourth-order valence-corrected chi connectivity index (χ4v) is 3.97. The lowest BCUT2D eigenvalue weighted by Crippen LogP contribution is -2.35. The molecule has 19 heavy (non-hydrogen) atoms. The minimum absolute atomic E-state index is 0.802. The molecule has 0 aromatic heterocycles. The van der Waals surface area contributed by atoms with Crippen LogP contribution in [-0.4, -0.2) is 12.6 Å². The first-order valence-electron chi connectivity index (χ1n) is 8.16. The van der Waals surface area contributed by atoms with E-state index in [1.165, 1.54) is 45.1 Å². The first-order valence-corrected chi connectivity index (χ1v) is 8.16. The molecule has 2 aliphatic carbocycles. The number of hydrogen-bond donors (Lipinski definition) is 1. The average molecular weight is 257 g/mol. The van der Waals surface area contributed by atoms with Crippen LogP contribution in [0.1, 0.15) is 56.9 Å². The van der Waals surface area contributed by atoms with Crippen molar-refractivity contribution < 1.29 is 0 Å². The Morgan fingerprint density at radius 1 is 1.11 bits per heavy atom. The Morgan fingerprint density at radius 2 is 1.95 bits per heavy atom. The standard InChI is InChI=1S/C18H27N/c1-2-11-19-16-10-6-9-15(12-16)18-13-17(18)14-7-4-3-5-8-14/h3-5,7-8,15-19H,2,6,9-13H2,1H3. The van der Waals surface area contributed by atoms with Gasteiger partial charge in [-0.3, -0.25) is 0 Å². The van der Waals surface area contributed by atoms with Gasteiger partial charge in [0.05, 0.1) is 0 Å². The van der Waals surface area contributed by atoms with Crippen molar-refractivity contribution in [2.75, 3.05) is 6.54 Å². The van der Waals surface area contributed by atoms with Gasteiger partial charge < -0.3 is 5.32 Å². The van der Waals surface area contributed by atoms with E-state index < -0.39 is 0 Å². The lowest BCUT2D eigenvalue weighted by molar-refractivity contribution is 0.259. The van der Waals surface area contributed by atoms with Gasteiger partial charge in [0.1, 0.15) is 0 Å². The lowest BCUT2D eigenvalue weighted by atomic mass is 9.81. The number of nitrogens with one attached hydrogen (secondary N) is 1. The number of hydrogen-bond acceptors (Lipinski definition) is 1. The zero-order valence-electron chi connectivity index (χ0n) is 12.1. The third-order valence-electron chi connectivity index (χ3n) is 5.07. The smallest absolute Gasteiger partial charge is 0.00698 e. The van der Waals surface area contributed by atoms with Crippen LogP contribution in [-0.2, 0) is 0 Å². The van der Waals surface area contributed by atoms with Crippen LogP contribution < -0.4 is 5.32 Å². The van der Waals surface area contributed by atoms with Crippen LogP contribution in [0.3, 0.4) is 0 Å². The summed E-state index contributed by atoms with van der Waals surface area (Å²) in [5, 5.41) is 3.74. The topological polar surface area (TPSA) is 12.0 Å². The molecule has 2 saturated carbocycles. The van der Waals surface area contributed by atoms with Gasteiger partial charge in [-0.2, -0.15) is 0 Å². The summed E-state index contributed by atoms with van der Waals surface area (Å²) in [7, 11) is 0. The summed E-state index contributed by atoms with van der Waals surface area (Å²) in [6, 6.07) is 12.0. The molecule has 1 N–H and O–H groups in total. The van der Waals surface area contributed by atoms with Crippen LogP contribution in [0.4, 0.5) is 0 Å². The molecule has 0 saturated heterocycles. The predicted octanol–water partition coefficient (Wildman–Crippen LogP) is 4.35.